The van der Waals surface area contributed by atoms with Gasteiger partial charge in [0, 0.05) is 23.9 Å². The zero-order valence-electron chi connectivity index (χ0n) is 22.1. The van der Waals surface area contributed by atoms with E-state index < -0.39 is 17.7 Å². The molecule has 3 aromatic rings. The molecule has 1 heterocycles. The van der Waals surface area contributed by atoms with Gasteiger partial charge in [-0.3, -0.25) is 19.3 Å². The topological polar surface area (TPSA) is 95.9 Å². The number of hydrogen-bond acceptors (Lipinski definition) is 5. The third kappa shape index (κ3) is 5.32. The molecule has 0 bridgehead atoms. The molecule has 0 spiro atoms. The predicted molar refractivity (Wildman–Crippen MR) is 148 cm³/mol. The van der Waals surface area contributed by atoms with Crippen molar-refractivity contribution in [3.8, 4) is 5.75 Å². The fourth-order valence-electron chi connectivity index (χ4n) is 4.58. The summed E-state index contributed by atoms with van der Waals surface area (Å²) in [6, 6.07) is 18.8. The van der Waals surface area contributed by atoms with Crippen molar-refractivity contribution in [1.82, 2.24) is 0 Å². The molecule has 1 saturated heterocycles. The smallest absolute Gasteiger partial charge is 0.300 e. The molecular formula is C31H32N2O5. The lowest BCUT2D eigenvalue weighted by Crippen LogP contribution is -2.29. The van der Waals surface area contributed by atoms with E-state index in [9.17, 15) is 19.5 Å². The van der Waals surface area contributed by atoms with Crippen molar-refractivity contribution in [1.29, 1.82) is 0 Å². The van der Waals surface area contributed by atoms with Crippen LogP contribution >= 0.6 is 0 Å². The number of anilines is 2. The highest BCUT2D eigenvalue weighted by Gasteiger charge is 2.47. The van der Waals surface area contributed by atoms with Crippen LogP contribution in [0.25, 0.3) is 5.76 Å². The molecule has 7 nitrogen and oxygen atoms in total. The van der Waals surface area contributed by atoms with Gasteiger partial charge in [0.25, 0.3) is 11.7 Å². The molecule has 0 radical (unpaired) electrons. The fourth-order valence-corrected chi connectivity index (χ4v) is 4.58. The number of amides is 2. The van der Waals surface area contributed by atoms with Gasteiger partial charge in [-0.25, -0.2) is 0 Å². The first kappa shape index (κ1) is 26.7. The maximum atomic E-state index is 13.4. The van der Waals surface area contributed by atoms with Crippen LogP contribution in [0.4, 0.5) is 11.4 Å². The van der Waals surface area contributed by atoms with Gasteiger partial charge in [0.05, 0.1) is 18.2 Å². The first-order valence-corrected chi connectivity index (χ1v) is 12.8. The lowest BCUT2D eigenvalue weighted by Gasteiger charge is -2.26. The summed E-state index contributed by atoms with van der Waals surface area (Å²) < 4.78 is 5.75. The zero-order valence-corrected chi connectivity index (χ0v) is 22.1. The van der Waals surface area contributed by atoms with Crippen molar-refractivity contribution in [2.75, 3.05) is 16.8 Å². The number of rotatable bonds is 8. The number of hydrogen-bond donors (Lipinski definition) is 2. The molecule has 0 aromatic heterocycles. The zero-order chi connectivity index (χ0) is 27.4. The maximum Gasteiger partial charge on any atom is 0.300 e. The summed E-state index contributed by atoms with van der Waals surface area (Å²) in [7, 11) is 0. The van der Waals surface area contributed by atoms with E-state index in [-0.39, 0.29) is 17.2 Å². The van der Waals surface area contributed by atoms with Crippen LogP contribution in [0, 0.1) is 6.92 Å². The van der Waals surface area contributed by atoms with Gasteiger partial charge in [0.1, 0.15) is 11.5 Å². The summed E-state index contributed by atoms with van der Waals surface area (Å²) in [4.78, 5) is 39.7. The van der Waals surface area contributed by atoms with Gasteiger partial charge in [-0.05, 0) is 78.9 Å². The number of aliphatic hydroxyl groups excluding tert-OH is 1. The monoisotopic (exact) mass is 512 g/mol. The molecule has 2 N–H and O–H groups in total. The molecule has 1 aliphatic rings. The van der Waals surface area contributed by atoms with Gasteiger partial charge in [-0.15, -0.1) is 0 Å². The van der Waals surface area contributed by atoms with Gasteiger partial charge in [-0.2, -0.15) is 0 Å². The van der Waals surface area contributed by atoms with Crippen LogP contribution in [-0.2, 0) is 20.8 Å². The van der Waals surface area contributed by atoms with Crippen molar-refractivity contribution in [3.05, 3.63) is 94.6 Å². The van der Waals surface area contributed by atoms with Gasteiger partial charge >= 0.3 is 0 Å². The second-order valence-electron chi connectivity index (χ2n) is 9.32. The average Bonchev–Trinajstić information content (AvgIpc) is 3.17. The molecule has 1 atom stereocenters. The van der Waals surface area contributed by atoms with Crippen LogP contribution < -0.4 is 15.0 Å². The summed E-state index contributed by atoms with van der Waals surface area (Å²) in [5, 5.41) is 14.1. The Kier molecular flexibility index (Phi) is 7.96. The number of carbonyl (C=O) groups is 3. The Morgan fingerprint density at radius 1 is 1.00 bits per heavy atom. The van der Waals surface area contributed by atoms with Gasteiger partial charge in [-0.1, -0.05) is 38.1 Å². The van der Waals surface area contributed by atoms with Crippen LogP contribution in [0.3, 0.4) is 0 Å². The van der Waals surface area contributed by atoms with Crippen molar-refractivity contribution in [2.24, 2.45) is 0 Å². The molecule has 0 aliphatic carbocycles. The van der Waals surface area contributed by atoms with E-state index in [1.54, 1.807) is 42.5 Å². The summed E-state index contributed by atoms with van der Waals surface area (Å²) in [6.07, 6.45) is 1.71. The number of nitrogens with zero attached hydrogens (tertiary/aromatic N) is 1. The highest BCUT2D eigenvalue weighted by atomic mass is 16.5. The Morgan fingerprint density at radius 2 is 1.68 bits per heavy atom. The van der Waals surface area contributed by atoms with Crippen LogP contribution in [0.1, 0.15) is 55.5 Å². The summed E-state index contributed by atoms with van der Waals surface area (Å²) in [6.45, 7) is 7.93. The summed E-state index contributed by atoms with van der Waals surface area (Å²) in [5.41, 5.74) is 4.13. The molecule has 38 heavy (non-hydrogen) atoms. The molecule has 7 heteroatoms. The number of aryl methyl sites for hydroxylation is 2. The number of aliphatic hydroxyl groups is 1. The molecule has 196 valence electrons. The quantitative estimate of drug-likeness (QED) is 0.222. The van der Waals surface area contributed by atoms with Crippen molar-refractivity contribution in [3.63, 3.8) is 0 Å². The molecule has 0 saturated carbocycles. The number of benzene rings is 3. The highest BCUT2D eigenvalue weighted by Crippen LogP contribution is 2.42. The number of carbonyl (C=O) groups excluding carboxylic acids is 3. The number of ether oxygens (including phenoxy) is 1. The van der Waals surface area contributed by atoms with Crippen molar-refractivity contribution in [2.45, 2.75) is 46.6 Å². The molecule has 1 aliphatic heterocycles. The number of nitrogens with one attached hydrogen (secondary N) is 1. The first-order chi connectivity index (χ1) is 18.2. The standard InChI is InChI=1S/C31H32N2O5/c1-5-17-38-26-16-11-23(18-19(26)3)29(35)27-28(22-9-7-21(6-2)8-10-22)33(31(37)30(27)36)25-14-12-24(13-15-25)32-20(4)34/h7-16,18,28,35H,5-6,17H2,1-4H3,(H,32,34)/b29-27-. The van der Waals surface area contributed by atoms with Crippen molar-refractivity contribution < 1.29 is 24.2 Å². The first-order valence-electron chi connectivity index (χ1n) is 12.8. The van der Waals surface area contributed by atoms with E-state index in [0.717, 1.165) is 24.0 Å². The largest absolute Gasteiger partial charge is 0.507 e. The average molecular weight is 513 g/mol. The minimum absolute atomic E-state index is 0.0202. The Morgan fingerprint density at radius 3 is 2.26 bits per heavy atom. The minimum Gasteiger partial charge on any atom is -0.507 e. The second kappa shape index (κ2) is 11.3. The molecule has 4 rings (SSSR count). The summed E-state index contributed by atoms with van der Waals surface area (Å²) >= 11 is 0. The Labute approximate surface area is 222 Å². The van der Waals surface area contributed by atoms with E-state index in [1.165, 1.54) is 11.8 Å². The molecular weight excluding hydrogens is 480 g/mol. The normalized spacial score (nSPS) is 16.5. The SMILES string of the molecule is CCCOc1ccc(/C(O)=C2/C(=O)C(=O)N(c3ccc(NC(C)=O)cc3)C2c2ccc(CC)cc2)cc1C. The van der Waals surface area contributed by atoms with Crippen molar-refractivity contribution >= 4 is 34.7 Å². The lowest BCUT2D eigenvalue weighted by molar-refractivity contribution is -0.132. The van der Waals surface area contributed by atoms with E-state index >= 15 is 0 Å². The third-order valence-corrected chi connectivity index (χ3v) is 6.52. The number of ketones is 1. The number of Topliss-reactive ketones (excluding diaryl/α,β-unsaturated/α-hetero) is 1. The Bertz CT molecular complexity index is 1390. The predicted octanol–water partition coefficient (Wildman–Crippen LogP) is 5.93. The van der Waals surface area contributed by atoms with Crippen LogP contribution in [0.5, 0.6) is 5.75 Å². The molecule has 2 amide bonds. The van der Waals surface area contributed by atoms with E-state index in [0.29, 0.717) is 34.9 Å². The van der Waals surface area contributed by atoms with Gasteiger partial charge < -0.3 is 15.2 Å². The van der Waals surface area contributed by atoms with Crippen LogP contribution in [0.15, 0.2) is 72.3 Å². The fraction of sp³-hybridized carbons (Fsp3) is 0.258. The molecule has 1 unspecified atom stereocenters. The Balaban J connectivity index is 1.83. The second-order valence-corrected chi connectivity index (χ2v) is 9.32. The minimum atomic E-state index is -0.830. The van der Waals surface area contributed by atoms with Gasteiger partial charge in [0.2, 0.25) is 5.91 Å². The highest BCUT2D eigenvalue weighted by molar-refractivity contribution is 6.51. The molecule has 1 fully saturated rings. The van der Waals surface area contributed by atoms with E-state index in [1.807, 2.05) is 45.0 Å². The third-order valence-electron chi connectivity index (χ3n) is 6.52. The van der Waals surface area contributed by atoms with E-state index in [2.05, 4.69) is 5.32 Å². The van der Waals surface area contributed by atoms with Crippen LogP contribution in [-0.4, -0.2) is 29.3 Å². The maximum absolute atomic E-state index is 13.4. The summed E-state index contributed by atoms with van der Waals surface area (Å²) in [5.74, 6) is -1.24. The lowest BCUT2D eigenvalue weighted by atomic mass is 9.94. The van der Waals surface area contributed by atoms with Crippen LogP contribution in [0.2, 0.25) is 0 Å². The molecule has 3 aromatic carbocycles. The van der Waals surface area contributed by atoms with Gasteiger partial charge in [0.15, 0.2) is 0 Å². The Hall–Kier alpha value is -4.39. The van der Waals surface area contributed by atoms with E-state index in [4.69, 9.17) is 4.74 Å².